The van der Waals surface area contributed by atoms with Gasteiger partial charge in [-0.15, -0.1) is 0 Å². The Morgan fingerprint density at radius 1 is 1.29 bits per heavy atom. The lowest BCUT2D eigenvalue weighted by Crippen LogP contribution is -2.38. The number of rotatable bonds is 2. The van der Waals surface area contributed by atoms with E-state index in [0.717, 1.165) is 12.6 Å². The number of fused-ring (bicyclic) bond motifs is 1. The zero-order chi connectivity index (χ0) is 15.7. The summed E-state index contributed by atoms with van der Waals surface area (Å²) in [6.45, 7) is 3.92. The highest BCUT2D eigenvalue weighted by molar-refractivity contribution is 6.81. The van der Waals surface area contributed by atoms with Crippen molar-refractivity contribution in [3.8, 4) is 11.5 Å². The van der Waals surface area contributed by atoms with Gasteiger partial charge >= 0.3 is 17.2 Å². The number of carbonyl (C=O) groups is 3. The number of para-hydroxylation sites is 1. The van der Waals surface area contributed by atoms with Crippen molar-refractivity contribution in [3.63, 3.8) is 0 Å². The summed E-state index contributed by atoms with van der Waals surface area (Å²) in [4.78, 5) is 34.4. The van der Waals surface area contributed by atoms with E-state index in [1.165, 1.54) is 0 Å². The topological polar surface area (TPSA) is 72.9 Å². The molecule has 1 aromatic rings. The first-order valence-electron chi connectivity index (χ1n) is 6.31. The number of hydrogen-bond acceptors (Lipinski definition) is 5. The zero-order valence-corrected chi connectivity index (χ0v) is 12.5. The molecule has 2 atom stereocenters. The Morgan fingerprint density at radius 3 is 2.57 bits per heavy atom. The molecule has 2 unspecified atom stereocenters. The molecule has 0 aromatic heterocycles. The molecule has 1 aliphatic rings. The van der Waals surface area contributed by atoms with Gasteiger partial charge in [0.25, 0.3) is 0 Å². The predicted molar refractivity (Wildman–Crippen MR) is 74.6 cm³/mol. The van der Waals surface area contributed by atoms with E-state index in [1.807, 2.05) is 19.9 Å². The third-order valence-electron chi connectivity index (χ3n) is 3.45. The van der Waals surface area contributed by atoms with Gasteiger partial charge in [-0.1, -0.05) is 19.1 Å². The van der Waals surface area contributed by atoms with Crippen molar-refractivity contribution >= 4 is 28.8 Å². The van der Waals surface area contributed by atoms with E-state index in [-0.39, 0.29) is 17.8 Å². The summed E-state index contributed by atoms with van der Waals surface area (Å²) in [6, 6.07) is 5.17. The maximum Gasteiger partial charge on any atom is 0.422 e. The van der Waals surface area contributed by atoms with Crippen LogP contribution in [0.15, 0.2) is 18.2 Å². The molecule has 0 bridgehead atoms. The van der Waals surface area contributed by atoms with Crippen LogP contribution in [0.4, 0.5) is 4.79 Å². The SMILES string of the molecule is CC1Oc2c(OC(=O)N(C)C(=O)C(=O)Cl)cccc2C1C. The highest BCUT2D eigenvalue weighted by Crippen LogP contribution is 2.44. The molecule has 0 spiro atoms. The zero-order valence-electron chi connectivity index (χ0n) is 11.8. The molecule has 0 radical (unpaired) electrons. The Kier molecular flexibility index (Phi) is 4.18. The summed E-state index contributed by atoms with van der Waals surface area (Å²) in [5, 5.41) is -1.26. The molecule has 2 rings (SSSR count). The van der Waals surface area contributed by atoms with Gasteiger partial charge in [0.15, 0.2) is 11.5 Å². The average molecular weight is 312 g/mol. The molecule has 112 valence electrons. The van der Waals surface area contributed by atoms with Crippen molar-refractivity contribution in [1.29, 1.82) is 0 Å². The monoisotopic (exact) mass is 311 g/mol. The minimum atomic E-state index is -1.26. The van der Waals surface area contributed by atoms with Crippen LogP contribution in [0.25, 0.3) is 0 Å². The Labute approximate surface area is 126 Å². The van der Waals surface area contributed by atoms with Crippen molar-refractivity contribution in [2.45, 2.75) is 25.9 Å². The molecule has 1 heterocycles. The Balaban J connectivity index is 2.21. The number of benzene rings is 1. The van der Waals surface area contributed by atoms with Crippen LogP contribution >= 0.6 is 11.6 Å². The van der Waals surface area contributed by atoms with Crippen LogP contribution in [0.1, 0.15) is 25.3 Å². The molecular formula is C14H14ClNO5. The first-order chi connectivity index (χ1) is 9.82. The highest BCUT2D eigenvalue weighted by Gasteiger charge is 2.32. The second-order valence-corrected chi connectivity index (χ2v) is 5.14. The maximum absolute atomic E-state index is 11.8. The second-order valence-electron chi connectivity index (χ2n) is 4.79. The molecule has 0 fully saturated rings. The van der Waals surface area contributed by atoms with Gasteiger partial charge in [0, 0.05) is 18.5 Å². The summed E-state index contributed by atoms with van der Waals surface area (Å²) >= 11 is 5.04. The molecular weight excluding hydrogens is 298 g/mol. The van der Waals surface area contributed by atoms with Crippen LogP contribution < -0.4 is 9.47 Å². The minimum Gasteiger partial charge on any atom is -0.486 e. The molecule has 2 amide bonds. The summed E-state index contributed by atoms with van der Waals surface area (Å²) in [7, 11) is 1.11. The number of carbonyl (C=O) groups excluding carboxylic acids is 3. The number of amides is 2. The predicted octanol–water partition coefficient (Wildman–Crippen LogP) is 2.29. The third kappa shape index (κ3) is 2.85. The first kappa shape index (κ1) is 15.3. The van der Waals surface area contributed by atoms with Crippen LogP contribution in [0.2, 0.25) is 0 Å². The van der Waals surface area contributed by atoms with Crippen molar-refractivity contribution in [2.75, 3.05) is 7.05 Å². The van der Waals surface area contributed by atoms with E-state index in [2.05, 4.69) is 0 Å². The molecule has 7 heteroatoms. The lowest BCUT2D eigenvalue weighted by Gasteiger charge is -2.14. The molecule has 0 aliphatic carbocycles. The number of likely N-dealkylation sites (N-methyl/N-ethyl adjacent to an activating group) is 1. The first-order valence-corrected chi connectivity index (χ1v) is 6.69. The minimum absolute atomic E-state index is 0.0383. The van der Waals surface area contributed by atoms with E-state index >= 15 is 0 Å². The van der Waals surface area contributed by atoms with Gasteiger partial charge in [-0.25, -0.2) is 9.69 Å². The van der Waals surface area contributed by atoms with Gasteiger partial charge in [-0.05, 0) is 24.6 Å². The van der Waals surface area contributed by atoms with Gasteiger partial charge < -0.3 is 9.47 Å². The number of imide groups is 1. The molecule has 0 saturated heterocycles. The van der Waals surface area contributed by atoms with Crippen LogP contribution in [0.3, 0.4) is 0 Å². The summed E-state index contributed by atoms with van der Waals surface area (Å²) < 4.78 is 10.8. The summed E-state index contributed by atoms with van der Waals surface area (Å²) in [5.74, 6) is -0.307. The summed E-state index contributed by atoms with van der Waals surface area (Å²) in [6.07, 6.45) is -1.04. The fourth-order valence-corrected chi connectivity index (χ4v) is 2.14. The Hall–Kier alpha value is -2.08. The fourth-order valence-electron chi connectivity index (χ4n) is 2.02. The maximum atomic E-state index is 11.8. The van der Waals surface area contributed by atoms with Crippen LogP contribution in [-0.2, 0) is 9.59 Å². The standard InChI is InChI=1S/C14H14ClNO5/c1-7-8(2)20-11-9(7)5-4-6-10(11)21-14(19)16(3)13(18)12(15)17/h4-8H,1-3H3. The van der Waals surface area contributed by atoms with E-state index in [0.29, 0.717) is 10.6 Å². The van der Waals surface area contributed by atoms with Crippen molar-refractivity contribution in [3.05, 3.63) is 23.8 Å². The average Bonchev–Trinajstić information content (AvgIpc) is 2.74. The lowest BCUT2D eigenvalue weighted by atomic mass is 9.98. The Bertz CT molecular complexity index is 615. The molecule has 0 N–H and O–H groups in total. The molecule has 0 saturated carbocycles. The van der Waals surface area contributed by atoms with Gasteiger partial charge in [0.05, 0.1) is 0 Å². The van der Waals surface area contributed by atoms with E-state index < -0.39 is 17.2 Å². The van der Waals surface area contributed by atoms with E-state index in [1.54, 1.807) is 12.1 Å². The smallest absolute Gasteiger partial charge is 0.422 e. The van der Waals surface area contributed by atoms with Crippen molar-refractivity contribution < 1.29 is 23.9 Å². The van der Waals surface area contributed by atoms with Gasteiger partial charge in [-0.2, -0.15) is 0 Å². The molecule has 21 heavy (non-hydrogen) atoms. The van der Waals surface area contributed by atoms with Crippen LogP contribution in [0.5, 0.6) is 11.5 Å². The van der Waals surface area contributed by atoms with Crippen molar-refractivity contribution in [1.82, 2.24) is 4.90 Å². The van der Waals surface area contributed by atoms with Gasteiger partial charge in [0.1, 0.15) is 6.10 Å². The largest absolute Gasteiger partial charge is 0.486 e. The third-order valence-corrected chi connectivity index (χ3v) is 3.61. The van der Waals surface area contributed by atoms with Gasteiger partial charge in [-0.3, -0.25) is 9.59 Å². The number of nitrogens with zero attached hydrogens (tertiary/aromatic N) is 1. The fraction of sp³-hybridized carbons (Fsp3) is 0.357. The molecule has 1 aromatic carbocycles. The number of halogens is 1. The second kappa shape index (κ2) is 5.73. The molecule has 6 nitrogen and oxygen atoms in total. The Morgan fingerprint density at radius 2 is 1.95 bits per heavy atom. The molecule has 1 aliphatic heterocycles. The highest BCUT2D eigenvalue weighted by atomic mass is 35.5. The van der Waals surface area contributed by atoms with Crippen LogP contribution in [0, 0.1) is 0 Å². The van der Waals surface area contributed by atoms with E-state index in [9.17, 15) is 14.4 Å². The van der Waals surface area contributed by atoms with Crippen LogP contribution in [-0.4, -0.2) is 35.3 Å². The quantitative estimate of drug-likeness (QED) is 0.619. The van der Waals surface area contributed by atoms with Crippen molar-refractivity contribution in [2.24, 2.45) is 0 Å². The number of ether oxygens (including phenoxy) is 2. The lowest BCUT2D eigenvalue weighted by molar-refractivity contribution is -0.138. The number of hydrogen-bond donors (Lipinski definition) is 0. The van der Waals surface area contributed by atoms with E-state index in [4.69, 9.17) is 21.1 Å². The van der Waals surface area contributed by atoms with Gasteiger partial charge in [0.2, 0.25) is 0 Å². The summed E-state index contributed by atoms with van der Waals surface area (Å²) in [5.41, 5.74) is 0.926. The normalized spacial score (nSPS) is 19.4.